The molecule has 0 amide bonds. The molecule has 0 aliphatic heterocycles. The van der Waals surface area contributed by atoms with Crippen molar-refractivity contribution >= 4 is 21.6 Å². The Morgan fingerprint density at radius 2 is 1.78 bits per heavy atom. The first-order chi connectivity index (χ1) is 8.48. The van der Waals surface area contributed by atoms with E-state index in [0.29, 0.717) is 5.41 Å². The summed E-state index contributed by atoms with van der Waals surface area (Å²) in [6.45, 7) is 10.0. The predicted molar refractivity (Wildman–Crippen MR) is 86.0 cm³/mol. The molecule has 0 spiro atoms. The molecule has 0 aliphatic rings. The summed E-state index contributed by atoms with van der Waals surface area (Å²) in [5.74, 6) is 0. The Kier molecular flexibility index (Phi) is 5.71. The maximum Gasteiger partial charge on any atom is 0.0393 e. The summed E-state index contributed by atoms with van der Waals surface area (Å²) in [6.07, 6.45) is 2.42. The Morgan fingerprint density at radius 3 is 2.22 bits per heavy atom. The molecule has 0 saturated carbocycles. The van der Waals surface area contributed by atoms with Gasteiger partial charge < -0.3 is 4.90 Å². The van der Waals surface area contributed by atoms with Gasteiger partial charge in [0.2, 0.25) is 0 Å². The van der Waals surface area contributed by atoms with E-state index in [4.69, 9.17) is 0 Å². The van der Waals surface area contributed by atoms with E-state index in [9.17, 15) is 0 Å². The number of alkyl halides is 1. The highest BCUT2D eigenvalue weighted by atomic mass is 79.9. The molecule has 0 saturated heterocycles. The lowest BCUT2D eigenvalue weighted by Gasteiger charge is -2.35. The summed E-state index contributed by atoms with van der Waals surface area (Å²) < 4.78 is 0. The number of halogens is 1. The smallest absolute Gasteiger partial charge is 0.0393 e. The second kappa shape index (κ2) is 6.60. The summed E-state index contributed by atoms with van der Waals surface area (Å²) in [5.41, 5.74) is 4.44. The summed E-state index contributed by atoms with van der Waals surface area (Å²) in [4.78, 5) is 2.41. The molecular formula is C16H26BrN. The van der Waals surface area contributed by atoms with Gasteiger partial charge in [0.15, 0.2) is 0 Å². The monoisotopic (exact) mass is 311 g/mol. The van der Waals surface area contributed by atoms with Crippen molar-refractivity contribution in [2.24, 2.45) is 5.41 Å². The minimum Gasteiger partial charge on any atom is -0.374 e. The van der Waals surface area contributed by atoms with Crippen molar-refractivity contribution in [1.82, 2.24) is 0 Å². The first kappa shape index (κ1) is 15.6. The maximum absolute atomic E-state index is 3.70. The van der Waals surface area contributed by atoms with Crippen LogP contribution in [-0.4, -0.2) is 18.9 Å². The maximum atomic E-state index is 3.70. The number of hydrogen-bond donors (Lipinski definition) is 0. The van der Waals surface area contributed by atoms with Gasteiger partial charge in [0.1, 0.15) is 0 Å². The van der Waals surface area contributed by atoms with Crippen LogP contribution in [0.3, 0.4) is 0 Å². The van der Waals surface area contributed by atoms with Crippen LogP contribution < -0.4 is 4.90 Å². The van der Waals surface area contributed by atoms with E-state index in [1.807, 2.05) is 0 Å². The lowest BCUT2D eigenvalue weighted by molar-refractivity contribution is 0.316. The van der Waals surface area contributed by atoms with Crippen molar-refractivity contribution in [3.63, 3.8) is 0 Å². The zero-order valence-electron chi connectivity index (χ0n) is 12.4. The molecule has 0 radical (unpaired) electrons. The van der Waals surface area contributed by atoms with E-state index < -0.39 is 0 Å². The van der Waals surface area contributed by atoms with Gasteiger partial charge in [0.05, 0.1) is 0 Å². The Morgan fingerprint density at radius 1 is 1.17 bits per heavy atom. The van der Waals surface area contributed by atoms with E-state index >= 15 is 0 Å². The highest BCUT2D eigenvalue weighted by Gasteiger charge is 2.26. The topological polar surface area (TPSA) is 3.24 Å². The lowest BCUT2D eigenvalue weighted by Crippen LogP contribution is -2.36. The fourth-order valence-corrected chi connectivity index (χ4v) is 3.50. The van der Waals surface area contributed by atoms with Crippen LogP contribution in [0.2, 0.25) is 0 Å². The third kappa shape index (κ3) is 3.50. The average Bonchev–Trinajstić information content (AvgIpc) is 2.36. The fraction of sp³-hybridized carbons (Fsp3) is 0.625. The van der Waals surface area contributed by atoms with Crippen LogP contribution in [0.1, 0.15) is 37.8 Å². The van der Waals surface area contributed by atoms with Gasteiger partial charge in [-0.3, -0.25) is 0 Å². The third-order valence-corrected chi connectivity index (χ3v) is 5.31. The van der Waals surface area contributed by atoms with Gasteiger partial charge in [-0.25, -0.2) is 0 Å². The van der Waals surface area contributed by atoms with E-state index in [0.717, 1.165) is 11.9 Å². The molecule has 0 N–H and O–H groups in total. The highest BCUT2D eigenvalue weighted by Crippen LogP contribution is 2.32. The molecule has 102 valence electrons. The quantitative estimate of drug-likeness (QED) is 0.672. The van der Waals surface area contributed by atoms with Gasteiger partial charge in [0, 0.05) is 24.6 Å². The second-order valence-electron chi connectivity index (χ2n) is 5.49. The van der Waals surface area contributed by atoms with E-state index in [-0.39, 0.29) is 0 Å². The molecule has 0 unspecified atom stereocenters. The number of benzene rings is 1. The zero-order chi connectivity index (χ0) is 13.8. The average molecular weight is 312 g/mol. The van der Waals surface area contributed by atoms with Gasteiger partial charge in [-0.1, -0.05) is 47.5 Å². The molecular weight excluding hydrogens is 286 g/mol. The first-order valence-electron chi connectivity index (χ1n) is 6.82. The van der Waals surface area contributed by atoms with Crippen LogP contribution in [0.15, 0.2) is 18.2 Å². The number of hydrogen-bond acceptors (Lipinski definition) is 1. The van der Waals surface area contributed by atoms with Gasteiger partial charge in [-0.15, -0.1) is 0 Å². The van der Waals surface area contributed by atoms with Crippen molar-refractivity contribution in [2.75, 3.05) is 23.8 Å². The van der Waals surface area contributed by atoms with Crippen molar-refractivity contribution < 1.29 is 0 Å². The molecule has 0 fully saturated rings. The van der Waals surface area contributed by atoms with Gasteiger partial charge in [-0.05, 0) is 43.7 Å². The van der Waals surface area contributed by atoms with E-state index in [2.05, 4.69) is 73.8 Å². The summed E-state index contributed by atoms with van der Waals surface area (Å²) >= 11 is 3.70. The van der Waals surface area contributed by atoms with Crippen molar-refractivity contribution in [1.29, 1.82) is 0 Å². The third-order valence-electron chi connectivity index (χ3n) is 4.12. The normalized spacial score (nSPS) is 11.7. The number of rotatable bonds is 6. The second-order valence-corrected chi connectivity index (χ2v) is 6.05. The van der Waals surface area contributed by atoms with Crippen LogP contribution in [0.4, 0.5) is 5.69 Å². The van der Waals surface area contributed by atoms with Gasteiger partial charge >= 0.3 is 0 Å². The fourth-order valence-electron chi connectivity index (χ4n) is 2.53. The minimum atomic E-state index is 0.381. The van der Waals surface area contributed by atoms with Crippen LogP contribution in [0.5, 0.6) is 0 Å². The molecule has 1 rings (SSSR count). The van der Waals surface area contributed by atoms with E-state index in [1.54, 1.807) is 0 Å². The molecule has 0 heterocycles. The molecule has 1 nitrogen and oxygen atoms in total. The molecule has 0 aromatic heterocycles. The zero-order valence-corrected chi connectivity index (χ0v) is 14.0. The van der Waals surface area contributed by atoms with Crippen LogP contribution in [0, 0.1) is 19.3 Å². The Labute approximate surface area is 121 Å². The Bertz CT molecular complexity index is 374. The molecule has 1 aromatic rings. The lowest BCUT2D eigenvalue weighted by atomic mass is 9.84. The van der Waals surface area contributed by atoms with Crippen molar-refractivity contribution in [3.05, 3.63) is 29.3 Å². The standard InChI is InChI=1S/C16H26BrN/c1-6-16(7-2,11-17)12-18(5)15-9-8-13(3)10-14(15)4/h8-10H,6-7,11-12H2,1-5H3. The number of aryl methyl sites for hydroxylation is 2. The highest BCUT2D eigenvalue weighted by molar-refractivity contribution is 9.09. The Hall–Kier alpha value is -0.500. The molecule has 18 heavy (non-hydrogen) atoms. The summed E-state index contributed by atoms with van der Waals surface area (Å²) in [7, 11) is 2.21. The van der Waals surface area contributed by atoms with Crippen LogP contribution in [0.25, 0.3) is 0 Å². The molecule has 0 atom stereocenters. The minimum absolute atomic E-state index is 0.381. The molecule has 0 bridgehead atoms. The van der Waals surface area contributed by atoms with E-state index in [1.165, 1.54) is 29.7 Å². The molecule has 1 aromatic carbocycles. The Balaban J connectivity index is 2.90. The SMILES string of the molecule is CCC(CC)(CBr)CN(C)c1ccc(C)cc1C. The number of nitrogens with zero attached hydrogens (tertiary/aromatic N) is 1. The predicted octanol–water partition coefficient (Wildman–Crippen LogP) is 4.94. The molecule has 2 heteroatoms. The van der Waals surface area contributed by atoms with Crippen LogP contribution >= 0.6 is 15.9 Å². The van der Waals surface area contributed by atoms with Crippen molar-refractivity contribution in [3.8, 4) is 0 Å². The van der Waals surface area contributed by atoms with Gasteiger partial charge in [0.25, 0.3) is 0 Å². The first-order valence-corrected chi connectivity index (χ1v) is 7.94. The van der Waals surface area contributed by atoms with Crippen molar-refractivity contribution in [2.45, 2.75) is 40.5 Å². The summed E-state index contributed by atoms with van der Waals surface area (Å²) in [6, 6.07) is 6.71. The summed E-state index contributed by atoms with van der Waals surface area (Å²) in [5, 5.41) is 1.07. The van der Waals surface area contributed by atoms with Gasteiger partial charge in [-0.2, -0.15) is 0 Å². The van der Waals surface area contributed by atoms with Crippen LogP contribution in [-0.2, 0) is 0 Å². The largest absolute Gasteiger partial charge is 0.374 e. The molecule has 0 aliphatic carbocycles. The number of anilines is 1.